The van der Waals surface area contributed by atoms with E-state index in [1.807, 2.05) is 30.5 Å². The highest BCUT2D eigenvalue weighted by Gasteiger charge is 2.47. The minimum Gasteiger partial charge on any atom is -0.224 e. The summed E-state index contributed by atoms with van der Waals surface area (Å²) >= 11 is 0. The number of rotatable bonds is 7. The van der Waals surface area contributed by atoms with Gasteiger partial charge in [0.05, 0.1) is 49.4 Å². The molecule has 0 bridgehead atoms. The molecular formula is C49H28BF24NO2S. The standard InChI is InChI=1S/C32H12BF24.C17H16NO2S/c34-25(35,36)13-1-14(26(37,38)39)6-21(5-13)33(22-7-15(27(40,41)42)2-16(8-22)28(43,44)45,23-9-17(29(46,47)48)3-18(10-23)30(49,50)51)24-11-19(31(52,53)54)4-20(12-24)32(55,56)57;1-21(19,20)17-8-6-14(7-9-17)12-18-11-10-15-4-2-3-5-16(15)13-18/h1-12H;2-11,13H,12H2,1H3/q-1;+1. The number of nitrogens with zero attached hydrogens (tertiary/aromatic N) is 1. The number of pyridine rings is 1. The van der Waals surface area contributed by atoms with E-state index in [1.54, 1.807) is 12.1 Å². The maximum atomic E-state index is 14.2. The lowest BCUT2D eigenvalue weighted by Crippen LogP contribution is -2.75. The van der Waals surface area contributed by atoms with Crippen molar-refractivity contribution in [2.75, 3.05) is 6.26 Å². The van der Waals surface area contributed by atoms with Gasteiger partial charge in [-0.1, -0.05) is 78.9 Å². The Balaban J connectivity index is 0.000000387. The van der Waals surface area contributed by atoms with E-state index < -0.39 is 205 Å². The van der Waals surface area contributed by atoms with Gasteiger partial charge in [0.25, 0.3) is 0 Å². The van der Waals surface area contributed by atoms with E-state index in [-0.39, 0.29) is 0 Å². The highest BCUT2D eigenvalue weighted by Crippen LogP contribution is 2.41. The summed E-state index contributed by atoms with van der Waals surface area (Å²) in [6.07, 6.45) is -49.5. The van der Waals surface area contributed by atoms with E-state index in [0.717, 1.165) is 12.1 Å². The number of sulfone groups is 1. The van der Waals surface area contributed by atoms with Crippen molar-refractivity contribution in [3.8, 4) is 0 Å². The Hall–Kier alpha value is -6.94. The van der Waals surface area contributed by atoms with Gasteiger partial charge in [0.1, 0.15) is 6.15 Å². The molecule has 1 heterocycles. The summed E-state index contributed by atoms with van der Waals surface area (Å²) in [5.41, 5.74) is -29.1. The van der Waals surface area contributed by atoms with Crippen molar-refractivity contribution in [1.82, 2.24) is 0 Å². The molecule has 0 fully saturated rings. The van der Waals surface area contributed by atoms with Crippen LogP contribution in [0.3, 0.4) is 0 Å². The van der Waals surface area contributed by atoms with E-state index in [0.29, 0.717) is 4.90 Å². The second kappa shape index (κ2) is 20.4. The van der Waals surface area contributed by atoms with Crippen molar-refractivity contribution in [2.24, 2.45) is 0 Å². The number of hydrogen-bond donors (Lipinski definition) is 0. The first-order chi connectivity index (χ1) is 35.3. The molecule has 7 rings (SSSR count). The van der Waals surface area contributed by atoms with Gasteiger partial charge in [0, 0.05) is 23.3 Å². The number of benzene rings is 6. The summed E-state index contributed by atoms with van der Waals surface area (Å²) in [5, 5.41) is 2.40. The monoisotopic (exact) mass is 1160 g/mol. The minimum absolute atomic E-state index is 0.356. The first-order valence-electron chi connectivity index (χ1n) is 21.3. The molecule has 1 aromatic heterocycles. The smallest absolute Gasteiger partial charge is 0.224 e. The molecule has 29 heteroatoms. The molecule has 0 saturated carbocycles. The number of halogens is 24. The quantitative estimate of drug-likeness (QED) is 0.0906. The van der Waals surface area contributed by atoms with E-state index in [9.17, 15) is 114 Å². The third kappa shape index (κ3) is 13.7. The summed E-state index contributed by atoms with van der Waals surface area (Å²) in [7, 11) is -3.13. The fourth-order valence-corrected chi connectivity index (χ4v) is 9.03. The van der Waals surface area contributed by atoms with Gasteiger partial charge in [-0.3, -0.25) is 0 Å². The van der Waals surface area contributed by atoms with Crippen LogP contribution < -0.4 is 26.4 Å². The second-order valence-corrected chi connectivity index (χ2v) is 19.4. The van der Waals surface area contributed by atoms with Crippen molar-refractivity contribution in [2.45, 2.75) is 60.9 Å². The maximum Gasteiger partial charge on any atom is 0.416 e. The SMILES string of the molecule is CS(=O)(=O)c1ccc(C[n+]2ccc3ccccc3c2)cc1.FC(F)(F)c1cc([B-](c2cc(C(F)(F)F)cc(C(F)(F)F)c2)(c2cc(C(F)(F)F)cc(C(F)(F)F)c2)c2cc(C(F)(F)F)cc(C(F)(F)F)c2)cc(C(F)(F)F)c1. The zero-order chi connectivity index (χ0) is 58.8. The third-order valence-electron chi connectivity index (χ3n) is 11.9. The lowest BCUT2D eigenvalue weighted by Gasteiger charge is -2.46. The molecule has 0 radical (unpaired) electrons. The van der Waals surface area contributed by atoms with Gasteiger partial charge in [-0.2, -0.15) is 127 Å². The van der Waals surface area contributed by atoms with E-state index in [2.05, 4.69) is 29.0 Å². The molecule has 0 unspecified atom stereocenters. The van der Waals surface area contributed by atoms with Gasteiger partial charge >= 0.3 is 49.4 Å². The van der Waals surface area contributed by atoms with Crippen LogP contribution in [-0.4, -0.2) is 20.8 Å². The highest BCUT2D eigenvalue weighted by atomic mass is 32.2. The van der Waals surface area contributed by atoms with E-state index >= 15 is 0 Å². The largest absolute Gasteiger partial charge is 0.416 e. The van der Waals surface area contributed by atoms with Crippen LogP contribution in [0.1, 0.15) is 50.1 Å². The van der Waals surface area contributed by atoms with E-state index in [1.165, 1.54) is 17.0 Å². The molecule has 7 aromatic rings. The lowest BCUT2D eigenvalue weighted by atomic mass is 9.12. The van der Waals surface area contributed by atoms with Crippen LogP contribution in [0, 0.1) is 0 Å². The normalized spacial score (nSPS) is 13.6. The summed E-state index contributed by atoms with van der Waals surface area (Å²) in [6, 6.07) is 8.52. The Bertz CT molecular complexity index is 3020. The maximum absolute atomic E-state index is 14.2. The van der Waals surface area contributed by atoms with E-state index in [4.69, 9.17) is 0 Å². The Labute approximate surface area is 423 Å². The average molecular weight is 1160 g/mol. The van der Waals surface area contributed by atoms with Gasteiger partial charge < -0.3 is 0 Å². The molecule has 6 aromatic carbocycles. The van der Waals surface area contributed by atoms with Crippen LogP contribution in [0.25, 0.3) is 10.8 Å². The molecule has 0 N–H and O–H groups in total. The van der Waals surface area contributed by atoms with Crippen molar-refractivity contribution >= 4 is 48.6 Å². The van der Waals surface area contributed by atoms with Crippen LogP contribution in [0.5, 0.6) is 0 Å². The number of alkyl halides is 24. The molecule has 418 valence electrons. The molecule has 0 spiro atoms. The second-order valence-electron chi connectivity index (χ2n) is 17.4. The summed E-state index contributed by atoms with van der Waals surface area (Å²) in [6.45, 7) is 0.717. The predicted octanol–water partition coefficient (Wildman–Crippen LogP) is 13.8. The average Bonchev–Trinajstić information content (AvgIpc) is 3.29. The van der Waals surface area contributed by atoms with Crippen molar-refractivity contribution < 1.29 is 118 Å². The molecule has 3 nitrogen and oxygen atoms in total. The van der Waals surface area contributed by atoms with Crippen LogP contribution in [0.2, 0.25) is 0 Å². The Kier molecular flexibility index (Phi) is 15.8. The first kappa shape index (κ1) is 60.3. The number of hydrogen-bond acceptors (Lipinski definition) is 2. The van der Waals surface area contributed by atoms with Crippen LogP contribution in [0.4, 0.5) is 105 Å². The molecule has 0 aliphatic rings. The minimum atomic E-state index is -6.13. The Morgan fingerprint density at radius 2 is 0.615 bits per heavy atom. The summed E-state index contributed by atoms with van der Waals surface area (Å²) in [5.74, 6) is 0. The fraction of sp³-hybridized carbons (Fsp3) is 0.204. The zero-order valence-corrected chi connectivity index (χ0v) is 39.1. The Morgan fingerprint density at radius 1 is 0.359 bits per heavy atom. The fourth-order valence-electron chi connectivity index (χ4n) is 8.40. The summed E-state index contributed by atoms with van der Waals surface area (Å²) in [4.78, 5) is 0.356. The van der Waals surface area contributed by atoms with Gasteiger partial charge in [-0.25, -0.2) is 13.0 Å². The van der Waals surface area contributed by atoms with Gasteiger partial charge in [0.15, 0.2) is 28.8 Å². The topological polar surface area (TPSA) is 38.0 Å². The van der Waals surface area contributed by atoms with Crippen molar-refractivity contribution in [3.63, 3.8) is 0 Å². The van der Waals surface area contributed by atoms with Crippen molar-refractivity contribution in [3.05, 3.63) is 190 Å². The van der Waals surface area contributed by atoms with Crippen LogP contribution in [-0.2, 0) is 65.8 Å². The Morgan fingerprint density at radius 3 is 0.859 bits per heavy atom. The van der Waals surface area contributed by atoms with Gasteiger partial charge in [-0.05, 0) is 47.9 Å². The number of aromatic nitrogens is 1. The van der Waals surface area contributed by atoms with Crippen molar-refractivity contribution in [1.29, 1.82) is 0 Å². The van der Waals surface area contributed by atoms with Gasteiger partial charge in [-0.15, -0.1) is 0 Å². The molecular weight excluding hydrogens is 1130 g/mol. The molecule has 0 amide bonds. The molecule has 0 saturated heterocycles. The number of fused-ring (bicyclic) bond motifs is 1. The zero-order valence-electron chi connectivity index (χ0n) is 38.3. The molecule has 0 aliphatic heterocycles. The summed E-state index contributed by atoms with van der Waals surface area (Å²) < 4.78 is 366. The third-order valence-corrected chi connectivity index (χ3v) is 13.0. The predicted molar refractivity (Wildman–Crippen MR) is 233 cm³/mol. The highest BCUT2D eigenvalue weighted by molar-refractivity contribution is 7.90. The lowest BCUT2D eigenvalue weighted by molar-refractivity contribution is -0.687. The molecule has 0 atom stereocenters. The first-order valence-corrected chi connectivity index (χ1v) is 23.2. The molecule has 0 aliphatic carbocycles. The molecule has 78 heavy (non-hydrogen) atoms. The van der Waals surface area contributed by atoms with Crippen LogP contribution >= 0.6 is 0 Å². The van der Waals surface area contributed by atoms with Crippen LogP contribution in [0.15, 0.2) is 145 Å². The van der Waals surface area contributed by atoms with Gasteiger partial charge in [0.2, 0.25) is 0 Å².